The molecular weight excluding hydrogens is 354 g/mol. The minimum absolute atomic E-state index is 0.0588. The summed E-state index contributed by atoms with van der Waals surface area (Å²) >= 11 is 0. The fourth-order valence-corrected chi connectivity index (χ4v) is 3.89. The normalized spacial score (nSPS) is 16.4. The topological polar surface area (TPSA) is 56.8 Å². The van der Waals surface area contributed by atoms with Gasteiger partial charge in [-0.15, -0.1) is 0 Å². The Kier molecular flexibility index (Phi) is 4.08. The summed E-state index contributed by atoms with van der Waals surface area (Å²) in [7, 11) is 0. The number of hydrogen-bond donors (Lipinski definition) is 1. The van der Waals surface area contributed by atoms with Crippen LogP contribution >= 0.6 is 0 Å². The first-order valence-corrected chi connectivity index (χ1v) is 9.63. The Morgan fingerprint density at radius 3 is 2.57 bits per heavy atom. The van der Waals surface area contributed by atoms with Crippen LogP contribution in [0.4, 0.5) is 5.69 Å². The van der Waals surface area contributed by atoms with Gasteiger partial charge in [0.25, 0.3) is 11.7 Å². The lowest BCUT2D eigenvalue weighted by molar-refractivity contribution is -0.118. The van der Waals surface area contributed by atoms with E-state index in [1.807, 2.05) is 60.7 Å². The molecule has 0 saturated heterocycles. The van der Waals surface area contributed by atoms with E-state index in [1.54, 1.807) is 0 Å². The van der Waals surface area contributed by atoms with Crippen molar-refractivity contribution in [2.24, 2.45) is 0 Å². The molecule has 1 spiro atoms. The SMILES string of the molecule is O=C(COc1ccc2ccccc2c1)Nc1ccc2c(c1)OC1(CCCC1)O2. The summed E-state index contributed by atoms with van der Waals surface area (Å²) in [6.07, 6.45) is 4.04. The van der Waals surface area contributed by atoms with Crippen molar-refractivity contribution in [2.75, 3.05) is 11.9 Å². The molecule has 5 rings (SSSR count). The molecule has 0 bridgehead atoms. The van der Waals surface area contributed by atoms with Crippen LogP contribution in [0.25, 0.3) is 10.8 Å². The Bertz CT molecular complexity index is 1040. The molecule has 1 saturated carbocycles. The summed E-state index contributed by atoms with van der Waals surface area (Å²) < 4.78 is 17.7. The Labute approximate surface area is 163 Å². The van der Waals surface area contributed by atoms with Crippen LogP contribution in [0.2, 0.25) is 0 Å². The minimum atomic E-state index is -0.496. The fraction of sp³-hybridized carbons (Fsp3) is 0.261. The molecule has 1 fully saturated rings. The molecule has 1 amide bonds. The van der Waals surface area contributed by atoms with Gasteiger partial charge < -0.3 is 19.5 Å². The maximum Gasteiger partial charge on any atom is 0.262 e. The molecule has 0 unspecified atom stereocenters. The van der Waals surface area contributed by atoms with E-state index in [4.69, 9.17) is 14.2 Å². The van der Waals surface area contributed by atoms with Gasteiger partial charge in [-0.05, 0) is 47.9 Å². The first-order valence-electron chi connectivity index (χ1n) is 9.63. The molecule has 1 aliphatic carbocycles. The number of amides is 1. The number of carbonyl (C=O) groups excluding carboxylic acids is 1. The number of ether oxygens (including phenoxy) is 3. The van der Waals surface area contributed by atoms with E-state index in [0.29, 0.717) is 17.2 Å². The molecule has 1 heterocycles. The van der Waals surface area contributed by atoms with Crippen LogP contribution in [0, 0.1) is 0 Å². The van der Waals surface area contributed by atoms with Crippen LogP contribution in [0.5, 0.6) is 17.2 Å². The average Bonchev–Trinajstić information content (AvgIpc) is 3.31. The van der Waals surface area contributed by atoms with Crippen molar-refractivity contribution >= 4 is 22.4 Å². The van der Waals surface area contributed by atoms with Crippen LogP contribution < -0.4 is 19.5 Å². The van der Waals surface area contributed by atoms with Crippen molar-refractivity contribution in [2.45, 2.75) is 31.5 Å². The van der Waals surface area contributed by atoms with Gasteiger partial charge >= 0.3 is 0 Å². The van der Waals surface area contributed by atoms with E-state index in [2.05, 4.69) is 5.32 Å². The number of nitrogens with one attached hydrogen (secondary N) is 1. The van der Waals surface area contributed by atoms with Gasteiger partial charge in [-0.2, -0.15) is 0 Å². The van der Waals surface area contributed by atoms with Crippen LogP contribution in [0.15, 0.2) is 60.7 Å². The largest absolute Gasteiger partial charge is 0.484 e. The molecule has 1 aliphatic heterocycles. The predicted molar refractivity (Wildman–Crippen MR) is 107 cm³/mol. The number of benzene rings is 3. The Balaban J connectivity index is 1.21. The highest BCUT2D eigenvalue weighted by Crippen LogP contribution is 2.47. The Morgan fingerprint density at radius 1 is 0.929 bits per heavy atom. The molecule has 1 N–H and O–H groups in total. The van der Waals surface area contributed by atoms with Gasteiger partial charge in [0, 0.05) is 24.6 Å². The van der Waals surface area contributed by atoms with Crippen molar-refractivity contribution in [1.82, 2.24) is 0 Å². The summed E-state index contributed by atoms with van der Waals surface area (Å²) in [5, 5.41) is 5.08. The third-order valence-electron chi connectivity index (χ3n) is 5.28. The number of anilines is 1. The summed E-state index contributed by atoms with van der Waals surface area (Å²) in [6.45, 7) is -0.0588. The number of hydrogen-bond acceptors (Lipinski definition) is 4. The second-order valence-corrected chi connectivity index (χ2v) is 7.33. The van der Waals surface area contributed by atoms with Gasteiger partial charge in [0.05, 0.1) is 0 Å². The zero-order chi connectivity index (χ0) is 19.0. The van der Waals surface area contributed by atoms with Crippen LogP contribution in [0.1, 0.15) is 25.7 Å². The van der Waals surface area contributed by atoms with Crippen molar-refractivity contribution < 1.29 is 19.0 Å². The number of carbonyl (C=O) groups is 1. The van der Waals surface area contributed by atoms with Crippen LogP contribution in [-0.4, -0.2) is 18.3 Å². The van der Waals surface area contributed by atoms with Crippen molar-refractivity contribution in [3.8, 4) is 17.2 Å². The second kappa shape index (κ2) is 6.75. The average molecular weight is 375 g/mol. The summed E-state index contributed by atoms with van der Waals surface area (Å²) in [6, 6.07) is 19.3. The third kappa shape index (κ3) is 3.24. The molecule has 5 heteroatoms. The highest BCUT2D eigenvalue weighted by atomic mass is 16.7. The van der Waals surface area contributed by atoms with Crippen molar-refractivity contribution in [3.05, 3.63) is 60.7 Å². The quantitative estimate of drug-likeness (QED) is 0.705. The van der Waals surface area contributed by atoms with Gasteiger partial charge in [-0.3, -0.25) is 4.79 Å². The molecule has 3 aromatic rings. The number of rotatable bonds is 4. The van der Waals surface area contributed by atoms with Crippen LogP contribution in [0.3, 0.4) is 0 Å². The van der Waals surface area contributed by atoms with Crippen molar-refractivity contribution in [3.63, 3.8) is 0 Å². The molecule has 3 aromatic carbocycles. The molecule has 142 valence electrons. The summed E-state index contributed by atoms with van der Waals surface area (Å²) in [5.41, 5.74) is 0.671. The molecule has 28 heavy (non-hydrogen) atoms. The first kappa shape index (κ1) is 16.9. The summed E-state index contributed by atoms with van der Waals surface area (Å²) in [4.78, 5) is 12.3. The van der Waals surface area contributed by atoms with Gasteiger partial charge in [-0.25, -0.2) is 0 Å². The highest BCUT2D eigenvalue weighted by molar-refractivity contribution is 5.92. The van der Waals surface area contributed by atoms with Crippen molar-refractivity contribution in [1.29, 1.82) is 0 Å². The Morgan fingerprint density at radius 2 is 1.71 bits per heavy atom. The maximum absolute atomic E-state index is 12.3. The highest BCUT2D eigenvalue weighted by Gasteiger charge is 2.44. The Hall–Kier alpha value is -3.21. The maximum atomic E-state index is 12.3. The van der Waals surface area contributed by atoms with E-state index in [9.17, 15) is 4.79 Å². The second-order valence-electron chi connectivity index (χ2n) is 7.33. The molecule has 0 atom stereocenters. The van der Waals surface area contributed by atoms with E-state index in [1.165, 1.54) is 0 Å². The lowest BCUT2D eigenvalue weighted by atomic mass is 10.1. The van der Waals surface area contributed by atoms with Gasteiger partial charge in [0.1, 0.15) is 5.75 Å². The smallest absolute Gasteiger partial charge is 0.262 e. The molecule has 5 nitrogen and oxygen atoms in total. The van der Waals surface area contributed by atoms with Crippen LogP contribution in [-0.2, 0) is 4.79 Å². The molecule has 2 aliphatic rings. The lowest BCUT2D eigenvalue weighted by Gasteiger charge is -2.21. The van der Waals surface area contributed by atoms with E-state index < -0.39 is 5.79 Å². The van der Waals surface area contributed by atoms with E-state index >= 15 is 0 Å². The van der Waals surface area contributed by atoms with E-state index in [0.717, 1.165) is 42.2 Å². The van der Waals surface area contributed by atoms with E-state index in [-0.39, 0.29) is 12.5 Å². The zero-order valence-corrected chi connectivity index (χ0v) is 15.4. The zero-order valence-electron chi connectivity index (χ0n) is 15.4. The van der Waals surface area contributed by atoms with Gasteiger partial charge in [0.15, 0.2) is 18.1 Å². The third-order valence-corrected chi connectivity index (χ3v) is 5.28. The first-order chi connectivity index (χ1) is 13.7. The molecular formula is C23H21NO4. The van der Waals surface area contributed by atoms with Gasteiger partial charge in [0.2, 0.25) is 0 Å². The van der Waals surface area contributed by atoms with Gasteiger partial charge in [-0.1, -0.05) is 30.3 Å². The molecule has 0 radical (unpaired) electrons. The minimum Gasteiger partial charge on any atom is -0.484 e. The standard InChI is InChI=1S/C23H21NO4/c25-22(15-26-19-9-7-16-5-1-2-6-17(16)13-19)24-18-8-10-20-21(14-18)28-23(27-20)11-3-4-12-23/h1-2,5-10,13-14H,3-4,11-12,15H2,(H,24,25). The lowest BCUT2D eigenvalue weighted by Crippen LogP contribution is -2.34. The fourth-order valence-electron chi connectivity index (χ4n) is 3.89. The molecule has 0 aromatic heterocycles. The predicted octanol–water partition coefficient (Wildman–Crippen LogP) is 4.90. The monoisotopic (exact) mass is 375 g/mol. The number of fused-ring (bicyclic) bond motifs is 2. The summed E-state index contributed by atoms with van der Waals surface area (Å²) in [5.74, 6) is 1.39.